The molecule has 0 radical (unpaired) electrons. The number of esters is 1. The summed E-state index contributed by atoms with van der Waals surface area (Å²) in [7, 11) is -2.71. The molecule has 0 N–H and O–H groups in total. The van der Waals surface area contributed by atoms with Crippen LogP contribution in [0.1, 0.15) is 27.2 Å². The van der Waals surface area contributed by atoms with E-state index in [4.69, 9.17) is 27.9 Å². The fourth-order valence-corrected chi connectivity index (χ4v) is 5.65. The van der Waals surface area contributed by atoms with Crippen LogP contribution in [-0.2, 0) is 21.2 Å². The van der Waals surface area contributed by atoms with Crippen molar-refractivity contribution in [2.75, 3.05) is 7.11 Å². The lowest BCUT2D eigenvalue weighted by Crippen LogP contribution is -2.17. The second kappa shape index (κ2) is 8.58. The zero-order chi connectivity index (χ0) is 23.0. The van der Waals surface area contributed by atoms with Crippen LogP contribution in [0.2, 0.25) is 10.0 Å². The van der Waals surface area contributed by atoms with Crippen LogP contribution in [0.3, 0.4) is 0 Å². The quantitative estimate of drug-likeness (QED) is 0.357. The fourth-order valence-electron chi connectivity index (χ4n) is 3.55. The maximum Gasteiger partial charge on any atom is 0.339 e. The van der Waals surface area contributed by atoms with Crippen molar-refractivity contribution >= 4 is 50.2 Å². The number of halogens is 2. The molecule has 2 aromatic carbocycles. The maximum atomic E-state index is 13.6. The van der Waals surface area contributed by atoms with Gasteiger partial charge < -0.3 is 4.74 Å². The summed E-state index contributed by atoms with van der Waals surface area (Å²) in [6.07, 6.45) is 1.63. The number of hydrogen-bond acceptors (Lipinski definition) is 5. The molecule has 0 saturated heterocycles. The van der Waals surface area contributed by atoms with Gasteiger partial charge in [0.15, 0.2) is 5.65 Å². The molecule has 32 heavy (non-hydrogen) atoms. The molecule has 0 bridgehead atoms. The Bertz CT molecular complexity index is 1450. The monoisotopic (exact) mass is 488 g/mol. The number of rotatable bonds is 5. The highest BCUT2D eigenvalue weighted by molar-refractivity contribution is 7.90. The molecule has 0 amide bonds. The Morgan fingerprint density at radius 3 is 2.50 bits per heavy atom. The topological polar surface area (TPSA) is 78.3 Å². The summed E-state index contributed by atoms with van der Waals surface area (Å²) in [5, 5.41) is 1.11. The summed E-state index contributed by atoms with van der Waals surface area (Å²) in [4.78, 5) is 16.6. The summed E-state index contributed by atoms with van der Waals surface area (Å²) < 4.78 is 33.2. The zero-order valence-corrected chi connectivity index (χ0v) is 19.5. The molecular formula is C23H18Cl2N2O4S. The second-order valence-electron chi connectivity index (χ2n) is 7.14. The van der Waals surface area contributed by atoms with Crippen molar-refractivity contribution in [3.8, 4) is 0 Å². The minimum Gasteiger partial charge on any atom is -0.465 e. The molecule has 9 heteroatoms. The van der Waals surface area contributed by atoms with Crippen molar-refractivity contribution in [2.24, 2.45) is 0 Å². The van der Waals surface area contributed by atoms with E-state index in [1.807, 2.05) is 13.0 Å². The van der Waals surface area contributed by atoms with E-state index in [1.54, 1.807) is 30.5 Å². The molecule has 0 aliphatic carbocycles. The molecule has 2 aromatic heterocycles. The van der Waals surface area contributed by atoms with Crippen LogP contribution in [0.5, 0.6) is 0 Å². The Kier molecular flexibility index (Phi) is 5.99. The highest BCUT2D eigenvalue weighted by atomic mass is 35.5. The van der Waals surface area contributed by atoms with Crippen molar-refractivity contribution < 1.29 is 17.9 Å². The van der Waals surface area contributed by atoms with E-state index in [1.165, 1.54) is 35.3 Å². The molecular weight excluding hydrogens is 471 g/mol. The SMILES string of the molecule is COC(=O)c1ccc(Cl)c(Cc2cc3c(C)ccnc3n2S(=O)(=O)c2ccccc2)c1Cl. The van der Waals surface area contributed by atoms with Crippen molar-refractivity contribution in [1.82, 2.24) is 8.96 Å². The van der Waals surface area contributed by atoms with Crippen molar-refractivity contribution in [1.29, 1.82) is 0 Å². The lowest BCUT2D eigenvalue weighted by molar-refractivity contribution is 0.0601. The van der Waals surface area contributed by atoms with Gasteiger partial charge in [-0.25, -0.2) is 22.2 Å². The van der Waals surface area contributed by atoms with Gasteiger partial charge in [-0.1, -0.05) is 41.4 Å². The van der Waals surface area contributed by atoms with E-state index in [0.717, 1.165) is 5.56 Å². The van der Waals surface area contributed by atoms with E-state index in [9.17, 15) is 13.2 Å². The standard InChI is InChI=1S/C23H18Cl2N2O4S/c1-14-10-11-26-22-18(14)12-15(27(22)32(29,30)16-6-4-3-5-7-16)13-19-20(24)9-8-17(21(19)25)23(28)31-2/h3-12H,13H2,1-2H3. The van der Waals surface area contributed by atoms with Crippen LogP contribution in [-0.4, -0.2) is 30.5 Å². The lowest BCUT2D eigenvalue weighted by Gasteiger charge is -2.14. The van der Waals surface area contributed by atoms with Crippen molar-refractivity contribution in [3.05, 3.63) is 93.2 Å². The van der Waals surface area contributed by atoms with Gasteiger partial charge in [0.25, 0.3) is 10.0 Å². The number of aryl methyl sites for hydroxylation is 1. The predicted molar refractivity (Wildman–Crippen MR) is 124 cm³/mol. The fraction of sp³-hybridized carbons (Fsp3) is 0.130. The number of hydrogen-bond donors (Lipinski definition) is 0. The van der Waals surface area contributed by atoms with Crippen LogP contribution in [0.15, 0.2) is 65.7 Å². The molecule has 6 nitrogen and oxygen atoms in total. The van der Waals surface area contributed by atoms with Crippen molar-refractivity contribution in [2.45, 2.75) is 18.2 Å². The average molecular weight is 489 g/mol. The van der Waals surface area contributed by atoms with Gasteiger partial charge in [0, 0.05) is 28.7 Å². The van der Waals surface area contributed by atoms with Crippen LogP contribution in [0.4, 0.5) is 0 Å². The molecule has 0 spiro atoms. The Balaban J connectivity index is 1.97. The summed E-state index contributed by atoms with van der Waals surface area (Å²) in [5.41, 5.74) is 2.16. The Hall–Kier alpha value is -2.87. The number of ether oxygens (including phenoxy) is 1. The normalized spacial score (nSPS) is 11.6. The van der Waals surface area contributed by atoms with Gasteiger partial charge in [0.1, 0.15) is 0 Å². The lowest BCUT2D eigenvalue weighted by atomic mass is 10.1. The van der Waals surface area contributed by atoms with Gasteiger partial charge >= 0.3 is 5.97 Å². The van der Waals surface area contributed by atoms with E-state index in [2.05, 4.69) is 4.98 Å². The molecule has 0 unspecified atom stereocenters. The number of nitrogens with zero attached hydrogens (tertiary/aromatic N) is 2. The molecule has 2 heterocycles. The number of carbonyl (C=O) groups excluding carboxylic acids is 1. The zero-order valence-electron chi connectivity index (χ0n) is 17.2. The summed E-state index contributed by atoms with van der Waals surface area (Å²) in [5.74, 6) is -0.608. The Labute approximate surface area is 195 Å². The molecule has 0 saturated carbocycles. The average Bonchev–Trinajstić information content (AvgIpc) is 3.17. The van der Waals surface area contributed by atoms with Gasteiger partial charge in [0.05, 0.1) is 22.6 Å². The van der Waals surface area contributed by atoms with Crippen LogP contribution in [0, 0.1) is 6.92 Å². The molecule has 4 rings (SSSR count). The summed E-state index contributed by atoms with van der Waals surface area (Å²) >= 11 is 12.9. The highest BCUT2D eigenvalue weighted by Crippen LogP contribution is 2.34. The number of methoxy groups -OCH3 is 1. The minimum atomic E-state index is -3.97. The van der Waals surface area contributed by atoms with Gasteiger partial charge in [0.2, 0.25) is 0 Å². The smallest absolute Gasteiger partial charge is 0.339 e. The maximum absolute atomic E-state index is 13.6. The second-order valence-corrected chi connectivity index (χ2v) is 9.71. The molecule has 0 aliphatic rings. The summed E-state index contributed by atoms with van der Waals surface area (Å²) in [6.45, 7) is 1.88. The molecule has 4 aromatic rings. The minimum absolute atomic E-state index is 0.0599. The van der Waals surface area contributed by atoms with E-state index < -0.39 is 16.0 Å². The third-order valence-electron chi connectivity index (χ3n) is 5.18. The summed E-state index contributed by atoms with van der Waals surface area (Å²) in [6, 6.07) is 14.7. The Morgan fingerprint density at radius 2 is 1.81 bits per heavy atom. The number of pyridine rings is 1. The largest absolute Gasteiger partial charge is 0.465 e. The Morgan fingerprint density at radius 1 is 1.09 bits per heavy atom. The molecule has 164 valence electrons. The number of fused-ring (bicyclic) bond motifs is 1. The third-order valence-corrected chi connectivity index (χ3v) is 7.72. The molecule has 0 atom stereocenters. The third kappa shape index (κ3) is 3.77. The number of aromatic nitrogens is 2. The first-order valence-electron chi connectivity index (χ1n) is 9.57. The number of carbonyl (C=O) groups is 1. The molecule has 0 fully saturated rings. The van der Waals surface area contributed by atoms with Gasteiger partial charge in [-0.2, -0.15) is 0 Å². The highest BCUT2D eigenvalue weighted by Gasteiger charge is 2.26. The van der Waals surface area contributed by atoms with E-state index >= 15 is 0 Å². The van der Waals surface area contributed by atoms with Crippen LogP contribution >= 0.6 is 23.2 Å². The van der Waals surface area contributed by atoms with E-state index in [0.29, 0.717) is 27.3 Å². The van der Waals surface area contributed by atoms with E-state index in [-0.39, 0.29) is 21.9 Å². The first-order valence-corrected chi connectivity index (χ1v) is 11.8. The molecule has 0 aliphatic heterocycles. The van der Waals surface area contributed by atoms with Crippen LogP contribution in [0.25, 0.3) is 11.0 Å². The first kappa shape index (κ1) is 22.3. The van der Waals surface area contributed by atoms with Gasteiger partial charge in [-0.15, -0.1) is 0 Å². The van der Waals surface area contributed by atoms with Crippen molar-refractivity contribution in [3.63, 3.8) is 0 Å². The van der Waals surface area contributed by atoms with Gasteiger partial charge in [-0.3, -0.25) is 0 Å². The van der Waals surface area contributed by atoms with Crippen LogP contribution < -0.4 is 0 Å². The van der Waals surface area contributed by atoms with Gasteiger partial charge in [-0.05, 0) is 54.4 Å². The predicted octanol–water partition coefficient (Wildman–Crippen LogP) is 5.27. The number of benzene rings is 2. The first-order chi connectivity index (χ1) is 15.3.